The Bertz CT molecular complexity index is 456. The molecule has 0 aliphatic rings. The Balaban J connectivity index is 2.08. The van der Waals surface area contributed by atoms with Gasteiger partial charge in [-0.05, 0) is 29.0 Å². The average Bonchev–Trinajstić information content (AvgIpc) is 2.47. The van der Waals surface area contributed by atoms with Crippen LogP contribution in [-0.2, 0) is 6.42 Å². The molecule has 0 bridgehead atoms. The normalized spacial score (nSPS) is 11.5. The summed E-state index contributed by atoms with van der Waals surface area (Å²) in [5.41, 5.74) is 1.38. The third-order valence-electron chi connectivity index (χ3n) is 2.87. The van der Waals surface area contributed by atoms with Gasteiger partial charge in [-0.15, -0.1) is 0 Å². The molecule has 0 nitrogen and oxygen atoms in total. The lowest BCUT2D eigenvalue weighted by Gasteiger charge is -2.08. The Hall–Kier alpha value is -1.47. The quantitative estimate of drug-likeness (QED) is 0.605. The summed E-state index contributed by atoms with van der Waals surface area (Å²) < 4.78 is 0. The van der Waals surface area contributed by atoms with E-state index >= 15 is 0 Å². The van der Waals surface area contributed by atoms with Crippen LogP contribution in [0.3, 0.4) is 0 Å². The molecule has 0 N–H and O–H groups in total. The second-order valence-corrected chi connectivity index (χ2v) is 5.74. The first-order chi connectivity index (χ1) is 9.38. The Kier molecular flexibility index (Phi) is 5.77. The van der Waals surface area contributed by atoms with Crippen molar-refractivity contribution in [2.24, 2.45) is 0 Å². The molecule has 0 aliphatic carbocycles. The van der Waals surface area contributed by atoms with E-state index in [0.29, 0.717) is 0 Å². The van der Waals surface area contributed by atoms with E-state index in [1.54, 1.807) is 0 Å². The summed E-state index contributed by atoms with van der Waals surface area (Å²) in [5, 5.41) is 0. The smallest absolute Gasteiger partial charge is 0.0119 e. The number of allylic oxidation sites excluding steroid dienone is 2. The summed E-state index contributed by atoms with van der Waals surface area (Å²) in [7, 11) is 0. The zero-order valence-electron chi connectivity index (χ0n) is 11.4. The van der Waals surface area contributed by atoms with Crippen molar-refractivity contribution in [2.45, 2.75) is 31.1 Å². The molecule has 0 spiro atoms. The molecule has 0 fully saturated rings. The predicted octanol–water partition coefficient (Wildman–Crippen LogP) is 5.71. The van der Waals surface area contributed by atoms with Crippen molar-refractivity contribution in [2.75, 3.05) is 0 Å². The molecule has 0 saturated heterocycles. The molecule has 2 rings (SSSR count). The third-order valence-corrected chi connectivity index (χ3v) is 3.96. The highest BCUT2D eigenvalue weighted by atomic mass is 32.2. The van der Waals surface area contributed by atoms with E-state index in [0.717, 1.165) is 12.8 Å². The lowest BCUT2D eigenvalue weighted by molar-refractivity contribution is 0.951. The first kappa shape index (κ1) is 14.0. The molecular formula is C18H20S. The zero-order valence-corrected chi connectivity index (χ0v) is 12.2. The lowest BCUT2D eigenvalue weighted by Crippen LogP contribution is -1.87. The Morgan fingerprint density at radius 2 is 1.58 bits per heavy atom. The fourth-order valence-corrected chi connectivity index (χ4v) is 2.93. The minimum atomic E-state index is 1.03. The molecule has 19 heavy (non-hydrogen) atoms. The Morgan fingerprint density at radius 3 is 2.21 bits per heavy atom. The van der Waals surface area contributed by atoms with Crippen LogP contribution < -0.4 is 0 Å². The van der Waals surface area contributed by atoms with Gasteiger partial charge in [-0.1, -0.05) is 79.7 Å². The molecular weight excluding hydrogens is 248 g/mol. The van der Waals surface area contributed by atoms with E-state index in [2.05, 4.69) is 73.7 Å². The first-order valence-corrected chi connectivity index (χ1v) is 7.66. The number of thioether (sulfide) groups is 1. The van der Waals surface area contributed by atoms with Crippen molar-refractivity contribution in [3.8, 4) is 0 Å². The lowest BCUT2D eigenvalue weighted by atomic mass is 10.1. The summed E-state index contributed by atoms with van der Waals surface area (Å²) in [4.78, 5) is 2.76. The van der Waals surface area contributed by atoms with Gasteiger partial charge in [0.05, 0.1) is 0 Å². The van der Waals surface area contributed by atoms with Gasteiger partial charge >= 0.3 is 0 Å². The second kappa shape index (κ2) is 7.85. The van der Waals surface area contributed by atoms with Gasteiger partial charge < -0.3 is 0 Å². The van der Waals surface area contributed by atoms with Crippen LogP contribution in [0.5, 0.6) is 0 Å². The summed E-state index contributed by atoms with van der Waals surface area (Å²) in [6.07, 6.45) is 5.76. The molecule has 0 radical (unpaired) electrons. The topological polar surface area (TPSA) is 0 Å². The van der Waals surface area contributed by atoms with Gasteiger partial charge in [0, 0.05) is 11.3 Å². The summed E-state index contributed by atoms with van der Waals surface area (Å²) in [6, 6.07) is 21.3. The highest BCUT2D eigenvalue weighted by Gasteiger charge is 2.02. The fourth-order valence-electron chi connectivity index (χ4n) is 1.89. The maximum atomic E-state index is 2.38. The Morgan fingerprint density at radius 1 is 0.947 bits per heavy atom. The summed E-state index contributed by atoms with van der Waals surface area (Å²) in [6.45, 7) is 2.23. The Labute approximate surface area is 120 Å². The molecule has 0 aromatic heterocycles. The fraction of sp³-hybridized carbons (Fsp3) is 0.222. The van der Waals surface area contributed by atoms with Crippen molar-refractivity contribution in [1.29, 1.82) is 0 Å². The number of unbranched alkanes of at least 4 members (excludes halogenated alkanes) is 1. The van der Waals surface area contributed by atoms with E-state index in [-0.39, 0.29) is 0 Å². The van der Waals surface area contributed by atoms with Crippen LogP contribution in [0.15, 0.2) is 76.5 Å². The van der Waals surface area contributed by atoms with Crippen molar-refractivity contribution < 1.29 is 0 Å². The molecule has 0 heterocycles. The van der Waals surface area contributed by atoms with Gasteiger partial charge in [0.25, 0.3) is 0 Å². The van der Waals surface area contributed by atoms with Crippen LogP contribution in [0.25, 0.3) is 0 Å². The molecule has 1 heteroatoms. The van der Waals surface area contributed by atoms with E-state index in [4.69, 9.17) is 0 Å². The molecule has 2 aromatic carbocycles. The van der Waals surface area contributed by atoms with E-state index in [9.17, 15) is 0 Å². The number of rotatable bonds is 6. The average molecular weight is 268 g/mol. The summed E-state index contributed by atoms with van der Waals surface area (Å²) >= 11 is 1.88. The first-order valence-electron chi connectivity index (χ1n) is 6.84. The predicted molar refractivity (Wildman–Crippen MR) is 85.4 cm³/mol. The molecule has 0 aliphatic heterocycles. The SMILES string of the molecule is CCC/C=C(\Cc1ccccc1)Sc1ccccc1. The van der Waals surface area contributed by atoms with E-state index in [1.807, 2.05) is 11.8 Å². The van der Waals surface area contributed by atoms with Crippen LogP contribution >= 0.6 is 11.8 Å². The standard InChI is InChI=1S/C18H20S/c1-2-3-12-18(15-16-10-6-4-7-11-16)19-17-13-8-5-9-14-17/h4-14H,2-3,15H2,1H3/b18-12+. The van der Waals surface area contributed by atoms with Crippen LogP contribution in [-0.4, -0.2) is 0 Å². The van der Waals surface area contributed by atoms with E-state index < -0.39 is 0 Å². The van der Waals surface area contributed by atoms with Crippen molar-refractivity contribution in [3.05, 3.63) is 77.2 Å². The molecule has 0 saturated carbocycles. The maximum Gasteiger partial charge on any atom is 0.0119 e. The van der Waals surface area contributed by atoms with Crippen molar-refractivity contribution >= 4 is 11.8 Å². The molecule has 2 aromatic rings. The van der Waals surface area contributed by atoms with E-state index in [1.165, 1.54) is 21.8 Å². The minimum Gasteiger partial charge on any atom is -0.0945 e. The van der Waals surface area contributed by atoms with Gasteiger partial charge in [-0.25, -0.2) is 0 Å². The molecule has 0 atom stereocenters. The zero-order chi connectivity index (χ0) is 13.3. The van der Waals surface area contributed by atoms with Gasteiger partial charge in [0.15, 0.2) is 0 Å². The number of hydrogen-bond acceptors (Lipinski definition) is 1. The number of hydrogen-bond donors (Lipinski definition) is 0. The highest BCUT2D eigenvalue weighted by molar-refractivity contribution is 8.03. The molecule has 0 amide bonds. The maximum absolute atomic E-state index is 2.38. The van der Waals surface area contributed by atoms with Crippen molar-refractivity contribution in [1.82, 2.24) is 0 Å². The number of benzene rings is 2. The van der Waals surface area contributed by atoms with Gasteiger partial charge in [0.2, 0.25) is 0 Å². The van der Waals surface area contributed by atoms with Crippen molar-refractivity contribution in [3.63, 3.8) is 0 Å². The van der Waals surface area contributed by atoms with Crippen LogP contribution in [0.1, 0.15) is 25.3 Å². The molecule has 0 unspecified atom stereocenters. The van der Waals surface area contributed by atoms with Gasteiger partial charge in [-0.3, -0.25) is 0 Å². The minimum absolute atomic E-state index is 1.03. The van der Waals surface area contributed by atoms with Gasteiger partial charge in [0.1, 0.15) is 0 Å². The monoisotopic (exact) mass is 268 g/mol. The summed E-state index contributed by atoms with van der Waals surface area (Å²) in [5.74, 6) is 0. The molecule has 98 valence electrons. The highest BCUT2D eigenvalue weighted by Crippen LogP contribution is 2.29. The van der Waals surface area contributed by atoms with Crippen LogP contribution in [0, 0.1) is 0 Å². The largest absolute Gasteiger partial charge is 0.0945 e. The second-order valence-electron chi connectivity index (χ2n) is 4.54. The van der Waals surface area contributed by atoms with Gasteiger partial charge in [-0.2, -0.15) is 0 Å². The third kappa shape index (κ3) is 4.96. The van der Waals surface area contributed by atoms with Crippen LogP contribution in [0.4, 0.5) is 0 Å². The van der Waals surface area contributed by atoms with Crippen LogP contribution in [0.2, 0.25) is 0 Å².